The average molecular weight is 559 g/mol. The molecule has 2 aromatic carbocycles. The molecule has 0 saturated heterocycles. The molecule has 0 aromatic heterocycles. The van der Waals surface area contributed by atoms with E-state index in [-0.39, 0.29) is 24.1 Å². The van der Waals surface area contributed by atoms with Gasteiger partial charge in [0.2, 0.25) is 24.1 Å². The van der Waals surface area contributed by atoms with Gasteiger partial charge in [-0.05, 0) is 38.8 Å². The highest BCUT2D eigenvalue weighted by Gasteiger charge is 2.28. The monoisotopic (exact) mass is 558 g/mol. The van der Waals surface area contributed by atoms with E-state index in [9.17, 15) is 9.59 Å². The van der Waals surface area contributed by atoms with Gasteiger partial charge in [0.15, 0.2) is 0 Å². The highest BCUT2D eigenvalue weighted by molar-refractivity contribution is 5.98. The van der Waals surface area contributed by atoms with Crippen molar-refractivity contribution in [2.45, 2.75) is 40.3 Å². The number of hydrogen-bond donors (Lipinski definition) is 0. The topological polar surface area (TPSA) is 71.1 Å². The van der Waals surface area contributed by atoms with Crippen LogP contribution in [0.15, 0.2) is 48.5 Å². The second kappa shape index (κ2) is 16.1. The number of Topliss-reactive ketones (excluding diaryl/α,β-unsaturated/α-hetero) is 2. The number of benzene rings is 2. The van der Waals surface area contributed by atoms with Crippen molar-refractivity contribution in [3.63, 3.8) is 0 Å². The summed E-state index contributed by atoms with van der Waals surface area (Å²) in [5.74, 6) is 0.141. The molecule has 8 heteroatoms. The number of carbonyl (C=O) groups excluding carboxylic acids is 2. The van der Waals surface area contributed by atoms with E-state index in [1.54, 1.807) is 0 Å². The van der Waals surface area contributed by atoms with Crippen molar-refractivity contribution in [2.75, 3.05) is 80.8 Å². The number of hydrogen-bond acceptors (Lipinski definition) is 6. The lowest BCUT2D eigenvalue weighted by molar-refractivity contribution is -0.888. The Kier molecular flexibility index (Phi) is 13.6. The van der Waals surface area contributed by atoms with Gasteiger partial charge < -0.3 is 27.9 Å². The first-order valence-electron chi connectivity index (χ1n) is 14.3. The van der Waals surface area contributed by atoms with Crippen LogP contribution in [0.2, 0.25) is 0 Å². The zero-order valence-electron chi connectivity index (χ0n) is 25.8. The molecule has 40 heavy (non-hydrogen) atoms. The fourth-order valence-electron chi connectivity index (χ4n) is 4.64. The van der Waals surface area contributed by atoms with E-state index >= 15 is 0 Å². The van der Waals surface area contributed by atoms with Gasteiger partial charge in [-0.25, -0.2) is 0 Å². The predicted molar refractivity (Wildman–Crippen MR) is 158 cm³/mol. The molecule has 0 N–H and O–H groups in total. The van der Waals surface area contributed by atoms with Crippen molar-refractivity contribution in [2.24, 2.45) is 0 Å². The Morgan fingerprint density at radius 1 is 0.550 bits per heavy atom. The molecule has 0 aliphatic rings. The molecule has 0 unspecified atom stereocenters. The SMILES string of the molecule is CCOC(C[N+](C)(C)CC(=O)c1ccc(-c2ccc(C(=O)C[N+](C)(C)CC(OCC)OCC)cc2)cc1)OCC. The molecule has 2 rings (SSSR count). The molecule has 8 nitrogen and oxygen atoms in total. The second-order valence-electron chi connectivity index (χ2n) is 11.2. The Morgan fingerprint density at radius 3 is 1.07 bits per heavy atom. The molecule has 222 valence electrons. The first-order valence-corrected chi connectivity index (χ1v) is 14.3. The van der Waals surface area contributed by atoms with E-state index < -0.39 is 0 Å². The van der Waals surface area contributed by atoms with Gasteiger partial charge >= 0.3 is 0 Å². The first kappa shape index (κ1) is 33.7. The van der Waals surface area contributed by atoms with Gasteiger partial charge in [0.05, 0.1) is 28.2 Å². The molecule has 0 aliphatic heterocycles. The minimum Gasteiger partial charge on any atom is -0.348 e. The van der Waals surface area contributed by atoms with Crippen LogP contribution >= 0.6 is 0 Å². The third-order valence-corrected chi connectivity index (χ3v) is 6.59. The standard InChI is InChI=1S/C32H50N2O6/c1-9-37-31(38-10-2)23-33(5,6)21-29(35)27-17-13-25(14-18-27)26-15-19-28(20-16-26)30(36)22-34(7,8)24-32(39-11-3)40-12-4/h13-20,31-32H,9-12,21-24H2,1-8H3/q+2. The van der Waals surface area contributed by atoms with Crippen LogP contribution in [-0.2, 0) is 18.9 Å². The molecule has 0 fully saturated rings. The summed E-state index contributed by atoms with van der Waals surface area (Å²) in [5.41, 5.74) is 3.32. The van der Waals surface area contributed by atoms with E-state index in [2.05, 4.69) is 0 Å². The lowest BCUT2D eigenvalue weighted by Gasteiger charge is -2.32. The number of nitrogens with zero attached hydrogens (tertiary/aromatic N) is 2. The summed E-state index contributed by atoms with van der Waals surface area (Å²) in [7, 11) is 8.04. The van der Waals surface area contributed by atoms with Gasteiger partial charge in [0.25, 0.3) is 0 Å². The first-order chi connectivity index (χ1) is 18.9. The van der Waals surface area contributed by atoms with E-state index in [1.165, 1.54) is 0 Å². The smallest absolute Gasteiger partial charge is 0.216 e. The van der Waals surface area contributed by atoms with Crippen molar-refractivity contribution in [1.82, 2.24) is 0 Å². The minimum atomic E-state index is -0.331. The highest BCUT2D eigenvalue weighted by atomic mass is 16.7. The predicted octanol–water partition coefficient (Wildman–Crippen LogP) is 4.67. The van der Waals surface area contributed by atoms with Crippen LogP contribution < -0.4 is 0 Å². The lowest BCUT2D eigenvalue weighted by Crippen LogP contribution is -2.49. The summed E-state index contributed by atoms with van der Waals surface area (Å²) >= 11 is 0. The number of rotatable bonds is 19. The molecular formula is C32H50N2O6+2. The lowest BCUT2D eigenvalue weighted by atomic mass is 10.00. The average Bonchev–Trinajstić information content (AvgIpc) is 2.88. The second-order valence-corrected chi connectivity index (χ2v) is 11.2. The Bertz CT molecular complexity index is 953. The summed E-state index contributed by atoms with van der Waals surface area (Å²) in [6, 6.07) is 15.3. The fourth-order valence-corrected chi connectivity index (χ4v) is 4.64. The largest absolute Gasteiger partial charge is 0.348 e. The van der Waals surface area contributed by atoms with Crippen LogP contribution in [0.1, 0.15) is 48.4 Å². The Balaban J connectivity index is 2.01. The van der Waals surface area contributed by atoms with Crippen molar-refractivity contribution >= 4 is 11.6 Å². The Hall–Kier alpha value is -2.46. The number of carbonyl (C=O) groups is 2. The maximum Gasteiger partial charge on any atom is 0.216 e. The van der Waals surface area contributed by atoms with Crippen molar-refractivity contribution in [3.8, 4) is 11.1 Å². The van der Waals surface area contributed by atoms with Crippen LogP contribution in [0.4, 0.5) is 0 Å². The van der Waals surface area contributed by atoms with Crippen LogP contribution in [0.5, 0.6) is 0 Å². The van der Waals surface area contributed by atoms with E-state index in [4.69, 9.17) is 18.9 Å². The molecular weight excluding hydrogens is 508 g/mol. The van der Waals surface area contributed by atoms with Crippen LogP contribution in [0.25, 0.3) is 11.1 Å². The Morgan fingerprint density at radius 2 is 0.825 bits per heavy atom. The van der Waals surface area contributed by atoms with Crippen LogP contribution in [0.3, 0.4) is 0 Å². The molecule has 0 bridgehead atoms. The summed E-state index contributed by atoms with van der Waals surface area (Å²) in [6.45, 7) is 11.9. The van der Waals surface area contributed by atoms with Gasteiger partial charge in [-0.3, -0.25) is 9.59 Å². The van der Waals surface area contributed by atoms with Gasteiger partial charge in [-0.2, -0.15) is 0 Å². The fraction of sp³-hybridized carbons (Fsp3) is 0.562. The highest BCUT2D eigenvalue weighted by Crippen LogP contribution is 2.22. The normalized spacial score (nSPS) is 12.3. The third kappa shape index (κ3) is 11.2. The minimum absolute atomic E-state index is 0.0703. The zero-order valence-corrected chi connectivity index (χ0v) is 25.8. The summed E-state index contributed by atoms with van der Waals surface area (Å²) in [5, 5.41) is 0. The molecule has 0 aliphatic carbocycles. The molecule has 0 atom stereocenters. The van der Waals surface area contributed by atoms with Gasteiger partial charge in [0.1, 0.15) is 26.2 Å². The van der Waals surface area contributed by atoms with E-state index in [0.29, 0.717) is 72.7 Å². The molecule has 0 heterocycles. The number of likely N-dealkylation sites (N-methyl/N-ethyl adjacent to an activating group) is 2. The van der Waals surface area contributed by atoms with Crippen molar-refractivity contribution in [1.29, 1.82) is 0 Å². The quantitative estimate of drug-likeness (QED) is 0.142. The summed E-state index contributed by atoms with van der Waals surface area (Å²) < 4.78 is 23.6. The molecule has 0 radical (unpaired) electrons. The Labute approximate surface area is 241 Å². The molecule has 0 amide bonds. The van der Waals surface area contributed by atoms with Gasteiger partial charge in [-0.15, -0.1) is 0 Å². The van der Waals surface area contributed by atoms with Gasteiger partial charge in [0, 0.05) is 37.6 Å². The van der Waals surface area contributed by atoms with Crippen molar-refractivity contribution < 1.29 is 37.5 Å². The summed E-state index contributed by atoms with van der Waals surface area (Å²) in [6.07, 6.45) is -0.663. The third-order valence-electron chi connectivity index (χ3n) is 6.59. The number of ether oxygens (including phenoxy) is 4. The number of ketones is 2. The van der Waals surface area contributed by atoms with Crippen LogP contribution in [0, 0.1) is 0 Å². The zero-order chi connectivity index (χ0) is 29.8. The molecule has 2 aromatic rings. The van der Waals surface area contributed by atoms with E-state index in [1.807, 2.05) is 104 Å². The van der Waals surface area contributed by atoms with Crippen LogP contribution in [-0.4, -0.2) is 114 Å². The maximum atomic E-state index is 13.0. The number of quaternary nitrogens is 2. The van der Waals surface area contributed by atoms with Crippen molar-refractivity contribution in [3.05, 3.63) is 59.7 Å². The molecule has 0 spiro atoms. The maximum absolute atomic E-state index is 13.0. The van der Waals surface area contributed by atoms with Gasteiger partial charge in [-0.1, -0.05) is 48.5 Å². The summed E-state index contributed by atoms with van der Waals surface area (Å²) in [4.78, 5) is 26.1. The van der Waals surface area contributed by atoms with E-state index in [0.717, 1.165) is 11.1 Å². The molecule has 0 saturated carbocycles.